The Kier molecular flexibility index (Phi) is 5.63. The molecular weight excluding hydrogens is 430 g/mol. The predicted molar refractivity (Wildman–Crippen MR) is 122 cm³/mol. The number of aryl methyl sites for hydroxylation is 1. The molecule has 0 spiro atoms. The second-order valence-corrected chi connectivity index (χ2v) is 7.85. The fraction of sp³-hybridized carbons (Fsp3) is 0.120. The van der Waals surface area contributed by atoms with Gasteiger partial charge in [-0.25, -0.2) is 0 Å². The van der Waals surface area contributed by atoms with Gasteiger partial charge in [0.15, 0.2) is 0 Å². The summed E-state index contributed by atoms with van der Waals surface area (Å²) in [7, 11) is 1.50. The monoisotopic (exact) mass is 449 g/mol. The lowest BCUT2D eigenvalue weighted by Crippen LogP contribution is -2.29. The molecule has 0 radical (unpaired) electrons. The number of aliphatic hydroxyl groups is 1. The van der Waals surface area contributed by atoms with Crippen LogP contribution in [0.5, 0.6) is 11.5 Å². The topological polar surface area (TPSA) is 87.1 Å². The van der Waals surface area contributed by atoms with Crippen LogP contribution in [0.4, 0.5) is 5.69 Å². The number of carbonyl (C=O) groups excluding carboxylic acids is 2. The Hall–Kier alpha value is -3.77. The summed E-state index contributed by atoms with van der Waals surface area (Å²) in [4.78, 5) is 27.6. The van der Waals surface area contributed by atoms with Crippen molar-refractivity contribution >= 4 is 34.7 Å². The number of amides is 1. The van der Waals surface area contributed by atoms with Crippen LogP contribution in [0, 0.1) is 6.92 Å². The summed E-state index contributed by atoms with van der Waals surface area (Å²) in [5, 5.41) is 21.0. The Bertz CT molecular complexity index is 1250. The average molecular weight is 450 g/mol. The molecule has 1 heterocycles. The summed E-state index contributed by atoms with van der Waals surface area (Å²) in [6.07, 6.45) is 0. The summed E-state index contributed by atoms with van der Waals surface area (Å²) in [5.41, 5.74) is 2.21. The summed E-state index contributed by atoms with van der Waals surface area (Å²) in [6.45, 7) is 1.91. The zero-order chi connectivity index (χ0) is 23.0. The SMILES string of the molecule is COc1cccc(N2C(=O)C(=O)/C(=C(\O)c3ccc(C)cc3)C2c2ccc(O)c(Cl)c2)c1. The molecule has 0 aromatic heterocycles. The van der Waals surface area contributed by atoms with Gasteiger partial charge in [-0.05, 0) is 36.8 Å². The van der Waals surface area contributed by atoms with E-state index in [0.717, 1.165) is 5.56 Å². The van der Waals surface area contributed by atoms with E-state index in [1.165, 1.54) is 24.1 Å². The molecule has 1 aliphatic rings. The van der Waals surface area contributed by atoms with Gasteiger partial charge in [0.1, 0.15) is 17.3 Å². The quantitative estimate of drug-likeness (QED) is 0.333. The molecule has 1 saturated heterocycles. The number of aliphatic hydroxyl groups excluding tert-OH is 1. The molecule has 0 saturated carbocycles. The number of carbonyl (C=O) groups is 2. The van der Waals surface area contributed by atoms with E-state index in [2.05, 4.69) is 0 Å². The van der Waals surface area contributed by atoms with Crippen molar-refractivity contribution in [2.75, 3.05) is 12.0 Å². The normalized spacial score (nSPS) is 17.6. The number of methoxy groups -OCH3 is 1. The molecule has 2 N–H and O–H groups in total. The number of Topliss-reactive ketones (excluding diaryl/α,β-unsaturated/α-hetero) is 1. The number of halogens is 1. The van der Waals surface area contributed by atoms with Crippen LogP contribution in [0.3, 0.4) is 0 Å². The number of ether oxygens (including phenoxy) is 1. The van der Waals surface area contributed by atoms with Crippen LogP contribution in [-0.2, 0) is 9.59 Å². The minimum atomic E-state index is -0.957. The Balaban J connectivity index is 1.96. The van der Waals surface area contributed by atoms with Crippen LogP contribution < -0.4 is 9.64 Å². The molecule has 7 heteroatoms. The van der Waals surface area contributed by atoms with Gasteiger partial charge < -0.3 is 14.9 Å². The number of rotatable bonds is 4. The van der Waals surface area contributed by atoms with Crippen molar-refractivity contribution in [3.05, 3.63) is 94.0 Å². The van der Waals surface area contributed by atoms with Crippen LogP contribution in [0.25, 0.3) is 5.76 Å². The lowest BCUT2D eigenvalue weighted by molar-refractivity contribution is -0.132. The average Bonchev–Trinajstić information content (AvgIpc) is 3.06. The zero-order valence-corrected chi connectivity index (χ0v) is 18.1. The molecule has 3 aromatic rings. The Morgan fingerprint density at radius 1 is 1.03 bits per heavy atom. The maximum absolute atomic E-state index is 13.1. The van der Waals surface area contributed by atoms with Gasteiger partial charge in [0.05, 0.1) is 23.7 Å². The number of aromatic hydroxyl groups is 1. The van der Waals surface area contributed by atoms with Gasteiger partial charge in [0.2, 0.25) is 0 Å². The van der Waals surface area contributed by atoms with Crippen molar-refractivity contribution in [3.63, 3.8) is 0 Å². The van der Waals surface area contributed by atoms with E-state index in [0.29, 0.717) is 22.6 Å². The highest BCUT2D eigenvalue weighted by molar-refractivity contribution is 6.51. The minimum absolute atomic E-state index is 0.0639. The van der Waals surface area contributed by atoms with E-state index in [4.69, 9.17) is 16.3 Å². The maximum atomic E-state index is 13.1. The molecule has 0 aliphatic carbocycles. The van der Waals surface area contributed by atoms with Crippen molar-refractivity contribution in [2.24, 2.45) is 0 Å². The van der Waals surface area contributed by atoms with E-state index in [9.17, 15) is 19.8 Å². The largest absolute Gasteiger partial charge is 0.507 e. The van der Waals surface area contributed by atoms with Crippen molar-refractivity contribution in [1.29, 1.82) is 0 Å². The molecule has 1 unspecified atom stereocenters. The molecule has 6 nitrogen and oxygen atoms in total. The van der Waals surface area contributed by atoms with Crippen LogP contribution in [0.1, 0.15) is 22.7 Å². The Morgan fingerprint density at radius 2 is 1.75 bits per heavy atom. The second kappa shape index (κ2) is 8.40. The van der Waals surface area contributed by atoms with Crippen molar-refractivity contribution in [1.82, 2.24) is 0 Å². The van der Waals surface area contributed by atoms with E-state index < -0.39 is 17.7 Å². The first kappa shape index (κ1) is 21.5. The highest BCUT2D eigenvalue weighted by Gasteiger charge is 2.47. The summed E-state index contributed by atoms with van der Waals surface area (Å²) in [5.74, 6) is -1.53. The summed E-state index contributed by atoms with van der Waals surface area (Å²) in [6, 6.07) is 17.2. The molecule has 1 amide bonds. The number of hydrogen-bond acceptors (Lipinski definition) is 5. The predicted octanol–water partition coefficient (Wildman–Crippen LogP) is 4.99. The first-order valence-electron chi connectivity index (χ1n) is 9.82. The third-order valence-corrected chi connectivity index (χ3v) is 5.69. The van der Waals surface area contributed by atoms with Crippen LogP contribution in [-0.4, -0.2) is 29.0 Å². The third-order valence-electron chi connectivity index (χ3n) is 5.39. The van der Waals surface area contributed by atoms with Gasteiger partial charge in [0, 0.05) is 17.3 Å². The molecule has 4 rings (SSSR count). The van der Waals surface area contributed by atoms with E-state index in [1.54, 1.807) is 54.6 Å². The van der Waals surface area contributed by atoms with E-state index >= 15 is 0 Å². The molecule has 1 fully saturated rings. The highest BCUT2D eigenvalue weighted by atomic mass is 35.5. The molecule has 1 atom stereocenters. The Labute approximate surface area is 189 Å². The molecule has 1 aliphatic heterocycles. The van der Waals surface area contributed by atoms with Gasteiger partial charge in [-0.2, -0.15) is 0 Å². The third kappa shape index (κ3) is 3.69. The standard InChI is InChI=1S/C25H20ClNO5/c1-14-6-8-15(9-7-14)23(29)21-22(16-10-11-20(28)19(26)12-16)27(25(31)24(21)30)17-4-3-5-18(13-17)32-2/h3-13,22,28-29H,1-2H3/b23-21-. The lowest BCUT2D eigenvalue weighted by Gasteiger charge is -2.26. The van der Waals surface area contributed by atoms with Crippen molar-refractivity contribution in [2.45, 2.75) is 13.0 Å². The van der Waals surface area contributed by atoms with E-state index in [-0.39, 0.29) is 22.1 Å². The summed E-state index contributed by atoms with van der Waals surface area (Å²) < 4.78 is 5.27. The number of hydrogen-bond donors (Lipinski definition) is 2. The lowest BCUT2D eigenvalue weighted by atomic mass is 9.94. The fourth-order valence-corrected chi connectivity index (χ4v) is 3.92. The van der Waals surface area contributed by atoms with Crippen LogP contribution >= 0.6 is 11.6 Å². The molecule has 0 bridgehead atoms. The highest BCUT2D eigenvalue weighted by Crippen LogP contribution is 2.44. The molecular formula is C25H20ClNO5. The summed E-state index contributed by atoms with van der Waals surface area (Å²) >= 11 is 6.13. The van der Waals surface area contributed by atoms with Crippen LogP contribution in [0.2, 0.25) is 5.02 Å². The van der Waals surface area contributed by atoms with Crippen molar-refractivity contribution in [3.8, 4) is 11.5 Å². The van der Waals surface area contributed by atoms with Crippen molar-refractivity contribution < 1.29 is 24.5 Å². The molecule has 3 aromatic carbocycles. The van der Waals surface area contributed by atoms with Gasteiger partial charge in [0.25, 0.3) is 11.7 Å². The van der Waals surface area contributed by atoms with Crippen LogP contribution in [0.15, 0.2) is 72.3 Å². The van der Waals surface area contributed by atoms with E-state index in [1.807, 2.05) is 6.92 Å². The minimum Gasteiger partial charge on any atom is -0.507 e. The second-order valence-electron chi connectivity index (χ2n) is 7.45. The maximum Gasteiger partial charge on any atom is 0.300 e. The molecule has 162 valence electrons. The number of anilines is 1. The fourth-order valence-electron chi connectivity index (χ4n) is 3.73. The number of benzene rings is 3. The smallest absolute Gasteiger partial charge is 0.300 e. The van der Waals surface area contributed by atoms with Gasteiger partial charge in [-0.1, -0.05) is 53.6 Å². The number of nitrogens with zero attached hydrogens (tertiary/aromatic N) is 1. The first-order valence-corrected chi connectivity index (χ1v) is 10.2. The first-order chi connectivity index (χ1) is 15.3. The van der Waals surface area contributed by atoms with Gasteiger partial charge in [-0.3, -0.25) is 14.5 Å². The van der Waals surface area contributed by atoms with Gasteiger partial charge >= 0.3 is 0 Å². The molecule has 32 heavy (non-hydrogen) atoms. The number of phenolic OH excluding ortho intramolecular Hbond substituents is 1. The Morgan fingerprint density at radius 3 is 2.41 bits per heavy atom. The van der Waals surface area contributed by atoms with Gasteiger partial charge in [-0.15, -0.1) is 0 Å². The zero-order valence-electron chi connectivity index (χ0n) is 17.4. The number of ketones is 1. The number of phenols is 1.